The lowest BCUT2D eigenvalue weighted by Gasteiger charge is -2.12. The Hall–Kier alpha value is -3.32. The molecule has 0 radical (unpaired) electrons. The van der Waals surface area contributed by atoms with Crippen LogP contribution in [-0.2, 0) is 4.79 Å². The Morgan fingerprint density at radius 1 is 1.04 bits per heavy atom. The van der Waals surface area contributed by atoms with E-state index in [0.29, 0.717) is 28.2 Å². The summed E-state index contributed by atoms with van der Waals surface area (Å²) < 4.78 is 5.31. The summed E-state index contributed by atoms with van der Waals surface area (Å²) in [5.74, 6) is 1.53. The Balaban J connectivity index is 1.74. The topological polar surface area (TPSA) is 88.2 Å². The summed E-state index contributed by atoms with van der Waals surface area (Å²) in [6, 6.07) is 14.3. The highest BCUT2D eigenvalue weighted by Crippen LogP contribution is 2.29. The molecule has 27 heavy (non-hydrogen) atoms. The second-order valence-electron chi connectivity index (χ2n) is 5.62. The van der Waals surface area contributed by atoms with Gasteiger partial charge in [-0.3, -0.25) is 4.79 Å². The molecule has 3 aromatic rings. The minimum Gasteiger partial charge on any atom is -0.495 e. The van der Waals surface area contributed by atoms with Crippen LogP contribution in [0.5, 0.6) is 5.75 Å². The highest BCUT2D eigenvalue weighted by Gasteiger charge is 2.07. The first-order valence-electron chi connectivity index (χ1n) is 8.12. The number of methoxy groups -OCH3 is 1. The molecule has 1 aromatic heterocycles. The number of rotatable bonds is 6. The van der Waals surface area contributed by atoms with E-state index in [-0.39, 0.29) is 5.91 Å². The summed E-state index contributed by atoms with van der Waals surface area (Å²) in [6.45, 7) is 1.47. The van der Waals surface area contributed by atoms with Gasteiger partial charge >= 0.3 is 0 Å². The Labute approximate surface area is 161 Å². The molecule has 3 rings (SSSR count). The zero-order valence-electron chi connectivity index (χ0n) is 14.8. The Bertz CT molecular complexity index is 947. The number of hydrogen-bond acceptors (Lipinski definition) is 6. The number of hydrogen-bond donors (Lipinski definition) is 3. The van der Waals surface area contributed by atoms with Crippen LogP contribution in [0.3, 0.4) is 0 Å². The van der Waals surface area contributed by atoms with E-state index in [2.05, 4.69) is 25.9 Å². The van der Waals surface area contributed by atoms with Crippen molar-refractivity contribution in [3.63, 3.8) is 0 Å². The van der Waals surface area contributed by atoms with Gasteiger partial charge in [0.05, 0.1) is 12.8 Å². The molecule has 8 heteroatoms. The van der Waals surface area contributed by atoms with Crippen LogP contribution in [0.25, 0.3) is 0 Å². The molecule has 0 aliphatic heterocycles. The van der Waals surface area contributed by atoms with Gasteiger partial charge in [0.1, 0.15) is 11.6 Å². The van der Waals surface area contributed by atoms with Crippen molar-refractivity contribution in [2.75, 3.05) is 23.1 Å². The summed E-state index contributed by atoms with van der Waals surface area (Å²) in [4.78, 5) is 19.7. The predicted octanol–water partition coefficient (Wildman–Crippen LogP) is 4.58. The quantitative estimate of drug-likeness (QED) is 0.577. The normalized spacial score (nSPS) is 10.2. The van der Waals surface area contributed by atoms with Crippen LogP contribution < -0.4 is 20.7 Å². The van der Waals surface area contributed by atoms with Gasteiger partial charge in [0.2, 0.25) is 11.9 Å². The van der Waals surface area contributed by atoms with E-state index < -0.39 is 0 Å². The van der Waals surface area contributed by atoms with E-state index in [1.54, 1.807) is 49.7 Å². The van der Waals surface area contributed by atoms with E-state index >= 15 is 0 Å². The lowest BCUT2D eigenvalue weighted by atomic mass is 10.2. The van der Waals surface area contributed by atoms with Crippen LogP contribution >= 0.6 is 11.6 Å². The van der Waals surface area contributed by atoms with Gasteiger partial charge in [0, 0.05) is 29.5 Å². The highest BCUT2D eigenvalue weighted by molar-refractivity contribution is 6.31. The number of amides is 1. The molecule has 1 heterocycles. The first-order chi connectivity index (χ1) is 13.0. The summed E-state index contributed by atoms with van der Waals surface area (Å²) in [5.41, 5.74) is 2.22. The van der Waals surface area contributed by atoms with Gasteiger partial charge < -0.3 is 20.7 Å². The second-order valence-corrected chi connectivity index (χ2v) is 6.06. The fourth-order valence-corrected chi connectivity index (χ4v) is 2.55. The van der Waals surface area contributed by atoms with Crippen molar-refractivity contribution >= 4 is 46.3 Å². The Kier molecular flexibility index (Phi) is 5.73. The van der Waals surface area contributed by atoms with E-state index in [1.807, 2.05) is 12.1 Å². The number of carbonyl (C=O) groups excluding carboxylic acids is 1. The van der Waals surface area contributed by atoms with Crippen molar-refractivity contribution in [3.8, 4) is 5.75 Å². The van der Waals surface area contributed by atoms with Gasteiger partial charge in [0.25, 0.3) is 0 Å². The third kappa shape index (κ3) is 5.08. The molecule has 0 fully saturated rings. The largest absolute Gasteiger partial charge is 0.495 e. The average Bonchev–Trinajstić information content (AvgIpc) is 2.63. The number of aromatic nitrogens is 2. The molecule has 3 N–H and O–H groups in total. The van der Waals surface area contributed by atoms with E-state index in [1.165, 1.54) is 6.92 Å². The fourth-order valence-electron chi connectivity index (χ4n) is 2.37. The maximum absolute atomic E-state index is 11.1. The Morgan fingerprint density at radius 2 is 1.78 bits per heavy atom. The number of halogens is 1. The second kappa shape index (κ2) is 8.37. The molecule has 0 saturated carbocycles. The summed E-state index contributed by atoms with van der Waals surface area (Å²) in [7, 11) is 1.58. The van der Waals surface area contributed by atoms with Crippen LogP contribution in [0.15, 0.2) is 54.7 Å². The van der Waals surface area contributed by atoms with E-state index in [9.17, 15) is 4.79 Å². The molecule has 0 atom stereocenters. The van der Waals surface area contributed by atoms with Crippen molar-refractivity contribution in [2.45, 2.75) is 6.92 Å². The van der Waals surface area contributed by atoms with Crippen molar-refractivity contribution < 1.29 is 9.53 Å². The maximum atomic E-state index is 11.1. The number of nitrogens with zero attached hydrogens (tertiary/aromatic N) is 2. The van der Waals surface area contributed by atoms with Crippen LogP contribution in [0, 0.1) is 0 Å². The lowest BCUT2D eigenvalue weighted by molar-refractivity contribution is -0.114. The van der Waals surface area contributed by atoms with E-state index in [0.717, 1.165) is 11.4 Å². The molecule has 7 nitrogen and oxygen atoms in total. The van der Waals surface area contributed by atoms with E-state index in [4.69, 9.17) is 16.3 Å². The molecular formula is C19H18ClN5O2. The van der Waals surface area contributed by atoms with Gasteiger partial charge in [-0.15, -0.1) is 0 Å². The van der Waals surface area contributed by atoms with Crippen LogP contribution in [0.1, 0.15) is 6.92 Å². The zero-order chi connectivity index (χ0) is 19.2. The molecule has 0 saturated heterocycles. The standard InChI is InChI=1S/C19H18ClN5O2/c1-12(26)22-14-4-6-15(7-5-14)23-18-9-10-21-19(25-18)24-16-11-13(20)3-8-17(16)27-2/h3-11H,1-2H3,(H,22,26)(H2,21,23,24,25). The average molecular weight is 384 g/mol. The maximum Gasteiger partial charge on any atom is 0.229 e. The summed E-state index contributed by atoms with van der Waals surface area (Å²) in [6.07, 6.45) is 1.64. The van der Waals surface area contributed by atoms with Gasteiger partial charge in [-0.25, -0.2) is 4.98 Å². The lowest BCUT2D eigenvalue weighted by Crippen LogP contribution is -2.05. The zero-order valence-corrected chi connectivity index (χ0v) is 15.5. The predicted molar refractivity (Wildman–Crippen MR) is 107 cm³/mol. The number of nitrogens with one attached hydrogen (secondary N) is 3. The number of benzene rings is 2. The highest BCUT2D eigenvalue weighted by atomic mass is 35.5. The van der Waals surface area contributed by atoms with Crippen LogP contribution in [-0.4, -0.2) is 23.0 Å². The summed E-state index contributed by atoms with van der Waals surface area (Å²) >= 11 is 6.05. The molecule has 1 amide bonds. The smallest absolute Gasteiger partial charge is 0.229 e. The van der Waals surface area contributed by atoms with Crippen LogP contribution in [0.2, 0.25) is 5.02 Å². The SMILES string of the molecule is COc1ccc(Cl)cc1Nc1nccc(Nc2ccc(NC(C)=O)cc2)n1. The minimum atomic E-state index is -0.112. The molecule has 0 unspecified atom stereocenters. The van der Waals surface area contributed by atoms with Crippen molar-refractivity contribution in [1.29, 1.82) is 0 Å². The Morgan fingerprint density at radius 3 is 2.48 bits per heavy atom. The monoisotopic (exact) mass is 383 g/mol. The van der Waals surface area contributed by atoms with Crippen molar-refractivity contribution in [2.24, 2.45) is 0 Å². The minimum absolute atomic E-state index is 0.112. The van der Waals surface area contributed by atoms with Crippen LogP contribution in [0.4, 0.5) is 28.8 Å². The molecule has 0 aliphatic carbocycles. The van der Waals surface area contributed by atoms with Gasteiger partial charge in [-0.1, -0.05) is 11.6 Å². The third-order valence-electron chi connectivity index (χ3n) is 3.54. The molecule has 0 bridgehead atoms. The molecule has 2 aromatic carbocycles. The molecule has 0 aliphatic rings. The molecule has 138 valence electrons. The van der Waals surface area contributed by atoms with Gasteiger partial charge in [0.15, 0.2) is 0 Å². The number of anilines is 5. The fraction of sp³-hybridized carbons (Fsp3) is 0.105. The van der Waals surface area contributed by atoms with Crippen molar-refractivity contribution in [1.82, 2.24) is 9.97 Å². The summed E-state index contributed by atoms with van der Waals surface area (Å²) in [5, 5.41) is 9.59. The van der Waals surface area contributed by atoms with Gasteiger partial charge in [-0.2, -0.15) is 4.98 Å². The van der Waals surface area contributed by atoms with Gasteiger partial charge in [-0.05, 0) is 48.5 Å². The number of carbonyl (C=O) groups is 1. The third-order valence-corrected chi connectivity index (χ3v) is 3.78. The van der Waals surface area contributed by atoms with Crippen molar-refractivity contribution in [3.05, 3.63) is 59.8 Å². The molecule has 0 spiro atoms. The molecular weight excluding hydrogens is 366 g/mol. The first kappa shape index (κ1) is 18.5. The number of ether oxygens (including phenoxy) is 1. The first-order valence-corrected chi connectivity index (χ1v) is 8.49.